The lowest BCUT2D eigenvalue weighted by Gasteiger charge is -2.25. The highest BCUT2D eigenvalue weighted by Crippen LogP contribution is 2.56. The Morgan fingerprint density at radius 2 is 1.35 bits per heavy atom. The van der Waals surface area contributed by atoms with Crippen LogP contribution in [0.25, 0.3) is 38.8 Å². The van der Waals surface area contributed by atoms with Crippen molar-refractivity contribution in [3.8, 4) is 16.9 Å². The average molecular weight is 645 g/mol. The summed E-state index contributed by atoms with van der Waals surface area (Å²) in [5, 5.41) is 2.66. The number of aromatic nitrogens is 2. The van der Waals surface area contributed by atoms with Crippen LogP contribution in [0.2, 0.25) is 0 Å². The van der Waals surface area contributed by atoms with Crippen LogP contribution in [0.4, 0.5) is 0 Å². The van der Waals surface area contributed by atoms with Gasteiger partial charge in [-0.05, 0) is 114 Å². The molecule has 1 saturated carbocycles. The molecular weight excluding hydrogens is 591 g/mol. The lowest BCUT2D eigenvalue weighted by Crippen LogP contribution is -2.52. The average Bonchev–Trinajstić information content (AvgIpc) is 3.42. The fourth-order valence-corrected chi connectivity index (χ4v) is 8.48. The Bertz CT molecular complexity index is 2110. The summed E-state index contributed by atoms with van der Waals surface area (Å²) in [4.78, 5) is 5.16. The largest absolute Gasteiger partial charge is 0.309 e. The SMILES string of the molecule is CCCC.Cc1ccc2c(c1)c1cc(C)ccc1n2-c1cc2c(c(C3(C)C[C@@H]3C)c1)-c1ncccc1B2c1c(C(C)C)cccc1C(C)C. The van der Waals surface area contributed by atoms with Gasteiger partial charge in [0.05, 0.1) is 16.7 Å². The minimum atomic E-state index is 0.133. The van der Waals surface area contributed by atoms with Crippen LogP contribution in [-0.4, -0.2) is 16.3 Å². The van der Waals surface area contributed by atoms with Crippen LogP contribution in [0.3, 0.4) is 0 Å². The van der Waals surface area contributed by atoms with Crippen LogP contribution in [-0.2, 0) is 5.41 Å². The molecule has 0 spiro atoms. The highest BCUT2D eigenvalue weighted by molar-refractivity contribution is 6.99. The third-order valence-electron chi connectivity index (χ3n) is 11.7. The Morgan fingerprint density at radius 3 is 1.86 bits per heavy atom. The van der Waals surface area contributed by atoms with E-state index in [2.05, 4.69) is 153 Å². The van der Waals surface area contributed by atoms with Crippen molar-refractivity contribution >= 4 is 44.9 Å². The van der Waals surface area contributed by atoms with Crippen LogP contribution < -0.4 is 16.4 Å². The van der Waals surface area contributed by atoms with Gasteiger partial charge in [-0.1, -0.05) is 127 Å². The van der Waals surface area contributed by atoms with Crippen molar-refractivity contribution in [1.82, 2.24) is 9.55 Å². The van der Waals surface area contributed by atoms with E-state index in [9.17, 15) is 0 Å². The molecule has 1 fully saturated rings. The third-order valence-corrected chi connectivity index (χ3v) is 11.7. The molecule has 4 aromatic carbocycles. The highest BCUT2D eigenvalue weighted by Gasteiger charge is 2.51. The highest BCUT2D eigenvalue weighted by atomic mass is 15.0. The van der Waals surface area contributed by atoms with Gasteiger partial charge in [0.25, 0.3) is 0 Å². The van der Waals surface area contributed by atoms with E-state index in [0.29, 0.717) is 17.8 Å². The fraction of sp³-hybridized carbons (Fsp3) is 0.370. The Balaban J connectivity index is 0.000000898. The normalized spacial score (nSPS) is 17.9. The number of rotatable bonds is 6. The molecular formula is C46H53BN2. The van der Waals surface area contributed by atoms with E-state index < -0.39 is 0 Å². The quantitative estimate of drug-likeness (QED) is 0.165. The van der Waals surface area contributed by atoms with Crippen molar-refractivity contribution in [3.05, 3.63) is 113 Å². The van der Waals surface area contributed by atoms with Gasteiger partial charge in [-0.15, -0.1) is 0 Å². The molecule has 0 N–H and O–H groups in total. The molecule has 1 unspecified atom stereocenters. The van der Waals surface area contributed by atoms with Crippen molar-refractivity contribution < 1.29 is 0 Å². The number of benzene rings is 4. The summed E-state index contributed by atoms with van der Waals surface area (Å²) >= 11 is 0. The smallest absolute Gasteiger partial charge is 0.245 e. The van der Waals surface area contributed by atoms with Crippen molar-refractivity contribution in [2.75, 3.05) is 0 Å². The molecule has 0 bridgehead atoms. The molecule has 2 nitrogen and oxygen atoms in total. The molecule has 2 aromatic heterocycles. The molecule has 1 aliphatic heterocycles. The monoisotopic (exact) mass is 644 g/mol. The first kappa shape index (κ1) is 33.4. The summed E-state index contributed by atoms with van der Waals surface area (Å²) < 4.78 is 2.54. The molecule has 250 valence electrons. The van der Waals surface area contributed by atoms with Crippen LogP contribution >= 0.6 is 0 Å². The van der Waals surface area contributed by atoms with Gasteiger partial charge in [-0.25, -0.2) is 0 Å². The predicted molar refractivity (Wildman–Crippen MR) is 214 cm³/mol. The molecule has 3 heteroatoms. The van der Waals surface area contributed by atoms with E-state index in [4.69, 9.17) is 4.98 Å². The van der Waals surface area contributed by atoms with Gasteiger partial charge in [0, 0.05) is 22.7 Å². The Hall–Kier alpha value is -4.11. The lowest BCUT2D eigenvalue weighted by atomic mass is 9.36. The number of nitrogens with zero attached hydrogens (tertiary/aromatic N) is 2. The Kier molecular flexibility index (Phi) is 8.62. The molecule has 0 amide bonds. The number of hydrogen-bond acceptors (Lipinski definition) is 1. The van der Waals surface area contributed by atoms with Gasteiger partial charge in [0.1, 0.15) is 0 Å². The zero-order valence-electron chi connectivity index (χ0n) is 31.4. The number of fused-ring (bicyclic) bond motifs is 6. The molecule has 3 heterocycles. The first-order chi connectivity index (χ1) is 23.5. The zero-order chi connectivity index (χ0) is 34.8. The summed E-state index contributed by atoms with van der Waals surface area (Å²) in [6.45, 7) is 23.2. The summed E-state index contributed by atoms with van der Waals surface area (Å²) in [7, 11) is 0. The minimum absolute atomic E-state index is 0.133. The summed E-state index contributed by atoms with van der Waals surface area (Å²) in [6.07, 6.45) is 5.85. The molecule has 6 aromatic rings. The maximum atomic E-state index is 5.16. The number of hydrogen-bond donors (Lipinski definition) is 0. The Labute approximate surface area is 295 Å². The second-order valence-corrected chi connectivity index (χ2v) is 15.9. The second kappa shape index (κ2) is 12.7. The van der Waals surface area contributed by atoms with Crippen molar-refractivity contribution in [1.29, 1.82) is 0 Å². The standard InChI is InChI=1S/C42H43BN2.C4H10/c1-24(2)30-11-9-12-31(25(3)4)40(30)43-35-13-10-18-44-41(35)39-34(42(8)23-28(42)7)21-29(22-36(39)43)45-37-16-14-26(5)19-32(37)33-20-27(6)15-17-38(33)45;1-3-4-2/h9-22,24-25,28H,23H2,1-8H3;3-4H2,1-2H3/t28-,42?;/m0./s1. The molecule has 1 aliphatic carbocycles. The van der Waals surface area contributed by atoms with Gasteiger partial charge < -0.3 is 4.57 Å². The van der Waals surface area contributed by atoms with E-state index in [0.717, 1.165) is 0 Å². The van der Waals surface area contributed by atoms with Crippen LogP contribution in [0.5, 0.6) is 0 Å². The first-order valence-electron chi connectivity index (χ1n) is 18.8. The van der Waals surface area contributed by atoms with Crippen LogP contribution in [0, 0.1) is 19.8 Å². The predicted octanol–water partition coefficient (Wildman–Crippen LogP) is 10.6. The molecule has 0 radical (unpaired) electrons. The van der Waals surface area contributed by atoms with Crippen molar-refractivity contribution in [3.63, 3.8) is 0 Å². The van der Waals surface area contributed by atoms with Gasteiger partial charge in [0.2, 0.25) is 6.71 Å². The molecule has 49 heavy (non-hydrogen) atoms. The minimum Gasteiger partial charge on any atom is -0.309 e. The number of pyridine rings is 1. The van der Waals surface area contributed by atoms with E-state index in [1.807, 2.05) is 6.20 Å². The fourth-order valence-electron chi connectivity index (χ4n) is 8.48. The van der Waals surface area contributed by atoms with Crippen LogP contribution in [0.1, 0.15) is 114 Å². The molecule has 2 atom stereocenters. The Morgan fingerprint density at radius 1 is 0.776 bits per heavy atom. The zero-order valence-corrected chi connectivity index (χ0v) is 31.4. The van der Waals surface area contributed by atoms with Gasteiger partial charge in [-0.2, -0.15) is 0 Å². The molecule has 2 aliphatic rings. The molecule has 0 saturated heterocycles. The molecule has 8 rings (SSSR count). The van der Waals surface area contributed by atoms with Crippen molar-refractivity contribution in [2.45, 2.75) is 106 Å². The summed E-state index contributed by atoms with van der Waals surface area (Å²) in [5.41, 5.74) is 17.7. The van der Waals surface area contributed by atoms with Gasteiger partial charge in [-0.3, -0.25) is 4.98 Å². The van der Waals surface area contributed by atoms with Crippen molar-refractivity contribution in [2.24, 2.45) is 5.92 Å². The van der Waals surface area contributed by atoms with Crippen LogP contribution in [0.15, 0.2) is 85.1 Å². The summed E-state index contributed by atoms with van der Waals surface area (Å²) in [5.74, 6) is 1.49. The maximum absolute atomic E-state index is 5.16. The van der Waals surface area contributed by atoms with E-state index in [-0.39, 0.29) is 12.1 Å². The second-order valence-electron chi connectivity index (χ2n) is 15.9. The van der Waals surface area contributed by atoms with Gasteiger partial charge >= 0.3 is 0 Å². The van der Waals surface area contributed by atoms with E-state index >= 15 is 0 Å². The third kappa shape index (κ3) is 5.45. The maximum Gasteiger partial charge on any atom is 0.245 e. The summed E-state index contributed by atoms with van der Waals surface area (Å²) in [6, 6.07) is 30.5. The van der Waals surface area contributed by atoms with E-state index in [1.165, 1.54) is 102 Å². The van der Waals surface area contributed by atoms with Gasteiger partial charge in [0.15, 0.2) is 0 Å². The number of unbranched alkanes of at least 4 members (excludes halogenated alkanes) is 1. The van der Waals surface area contributed by atoms with E-state index in [1.54, 1.807) is 0 Å². The number of aryl methyl sites for hydroxylation is 2. The lowest BCUT2D eigenvalue weighted by molar-refractivity contribution is 0.703. The first-order valence-corrected chi connectivity index (χ1v) is 18.8. The topological polar surface area (TPSA) is 17.8 Å².